The molecule has 2 aromatic carbocycles. The summed E-state index contributed by atoms with van der Waals surface area (Å²) < 4.78 is 0. The zero-order valence-corrected chi connectivity index (χ0v) is 14.6. The van der Waals surface area contributed by atoms with Gasteiger partial charge in [0.05, 0.1) is 11.4 Å². The van der Waals surface area contributed by atoms with Gasteiger partial charge in [-0.3, -0.25) is 4.79 Å². The van der Waals surface area contributed by atoms with Crippen molar-refractivity contribution in [3.63, 3.8) is 0 Å². The summed E-state index contributed by atoms with van der Waals surface area (Å²) in [5.74, 6) is 0.675. The van der Waals surface area contributed by atoms with E-state index >= 15 is 0 Å². The Morgan fingerprint density at radius 1 is 1.11 bits per heavy atom. The fourth-order valence-corrected chi connectivity index (χ4v) is 2.42. The SMILES string of the molecule is Nc1ccccc1NC(=O)C=Cc1ccc(NCc2cccc(O)c2)nc1. The van der Waals surface area contributed by atoms with E-state index in [0.29, 0.717) is 23.7 Å². The van der Waals surface area contributed by atoms with E-state index < -0.39 is 0 Å². The number of nitrogens with one attached hydrogen (secondary N) is 2. The maximum atomic E-state index is 12.0. The molecule has 0 spiro atoms. The molecule has 0 saturated heterocycles. The third-order valence-electron chi connectivity index (χ3n) is 3.82. The number of amides is 1. The van der Waals surface area contributed by atoms with Crippen molar-refractivity contribution in [2.75, 3.05) is 16.4 Å². The number of aromatic hydroxyl groups is 1. The van der Waals surface area contributed by atoms with Crippen LogP contribution >= 0.6 is 0 Å². The predicted octanol–water partition coefficient (Wildman–Crippen LogP) is 3.63. The average molecular weight is 360 g/mol. The number of phenols is 1. The number of pyridine rings is 1. The van der Waals surface area contributed by atoms with Gasteiger partial charge in [0.25, 0.3) is 0 Å². The van der Waals surface area contributed by atoms with Gasteiger partial charge in [-0.2, -0.15) is 0 Å². The van der Waals surface area contributed by atoms with E-state index in [4.69, 9.17) is 5.73 Å². The van der Waals surface area contributed by atoms with Gasteiger partial charge < -0.3 is 21.5 Å². The molecule has 1 heterocycles. The molecule has 0 saturated carbocycles. The second-order valence-electron chi connectivity index (χ2n) is 5.91. The third-order valence-corrected chi connectivity index (χ3v) is 3.82. The number of nitrogen functional groups attached to an aromatic ring is 1. The van der Waals surface area contributed by atoms with Crippen molar-refractivity contribution in [2.45, 2.75) is 6.54 Å². The number of carbonyl (C=O) groups is 1. The molecule has 0 bridgehead atoms. The largest absolute Gasteiger partial charge is 0.508 e. The van der Waals surface area contributed by atoms with Gasteiger partial charge in [0, 0.05) is 18.8 Å². The molecule has 0 atom stereocenters. The van der Waals surface area contributed by atoms with Gasteiger partial charge >= 0.3 is 0 Å². The van der Waals surface area contributed by atoms with Crippen molar-refractivity contribution in [3.8, 4) is 5.75 Å². The van der Waals surface area contributed by atoms with Crippen LogP contribution in [0.1, 0.15) is 11.1 Å². The fraction of sp³-hybridized carbons (Fsp3) is 0.0476. The Kier molecular flexibility index (Phi) is 5.69. The standard InChI is InChI=1S/C21H20N4O2/c22-18-6-1-2-7-19(18)25-21(27)11-9-15-8-10-20(23-13-15)24-14-16-4-3-5-17(26)12-16/h1-13,26H,14,22H2,(H,23,24)(H,25,27). The Hall–Kier alpha value is -3.80. The first-order valence-corrected chi connectivity index (χ1v) is 8.41. The van der Waals surface area contributed by atoms with Crippen LogP contribution < -0.4 is 16.4 Å². The first-order chi connectivity index (χ1) is 13.1. The third kappa shape index (κ3) is 5.34. The molecule has 6 nitrogen and oxygen atoms in total. The number of aromatic nitrogens is 1. The maximum absolute atomic E-state index is 12.0. The fourth-order valence-electron chi connectivity index (χ4n) is 2.42. The number of nitrogens with zero attached hydrogens (tertiary/aromatic N) is 1. The normalized spacial score (nSPS) is 10.7. The molecule has 0 fully saturated rings. The van der Waals surface area contributed by atoms with E-state index in [1.165, 1.54) is 6.08 Å². The van der Waals surface area contributed by atoms with Gasteiger partial charge in [-0.05, 0) is 53.6 Å². The van der Waals surface area contributed by atoms with Crippen LogP contribution in [-0.2, 0) is 11.3 Å². The van der Waals surface area contributed by atoms with Gasteiger partial charge in [-0.15, -0.1) is 0 Å². The number of hydrogen-bond donors (Lipinski definition) is 4. The van der Waals surface area contributed by atoms with Crippen LogP contribution in [0.2, 0.25) is 0 Å². The number of carbonyl (C=O) groups excluding carboxylic acids is 1. The first kappa shape index (κ1) is 18.0. The number of anilines is 3. The van der Waals surface area contributed by atoms with Crippen LogP contribution in [0.15, 0.2) is 72.9 Å². The smallest absolute Gasteiger partial charge is 0.248 e. The van der Waals surface area contributed by atoms with Crippen LogP contribution in [0, 0.1) is 0 Å². The molecule has 0 radical (unpaired) electrons. The van der Waals surface area contributed by atoms with Gasteiger partial charge in [0.1, 0.15) is 11.6 Å². The molecule has 1 aromatic heterocycles. The second-order valence-corrected chi connectivity index (χ2v) is 5.91. The topological polar surface area (TPSA) is 100 Å². The zero-order chi connectivity index (χ0) is 19.1. The van der Waals surface area contributed by atoms with Crippen molar-refractivity contribution < 1.29 is 9.90 Å². The van der Waals surface area contributed by atoms with Crippen molar-refractivity contribution in [1.29, 1.82) is 0 Å². The van der Waals surface area contributed by atoms with E-state index in [1.807, 2.05) is 30.3 Å². The molecule has 6 heteroatoms. The highest BCUT2D eigenvalue weighted by Gasteiger charge is 2.01. The van der Waals surface area contributed by atoms with Crippen LogP contribution in [0.5, 0.6) is 5.75 Å². The summed E-state index contributed by atoms with van der Waals surface area (Å²) in [6.07, 6.45) is 4.79. The van der Waals surface area contributed by atoms with Gasteiger partial charge in [-0.25, -0.2) is 4.98 Å². The Morgan fingerprint density at radius 3 is 2.70 bits per heavy atom. The molecule has 27 heavy (non-hydrogen) atoms. The molecular weight excluding hydrogens is 340 g/mol. The highest BCUT2D eigenvalue weighted by atomic mass is 16.3. The monoisotopic (exact) mass is 360 g/mol. The van der Waals surface area contributed by atoms with Gasteiger partial charge in [-0.1, -0.05) is 24.3 Å². The summed E-state index contributed by atoms with van der Waals surface area (Å²) in [5, 5.41) is 15.4. The number of phenolic OH excluding ortho intramolecular Hbond substituents is 1. The first-order valence-electron chi connectivity index (χ1n) is 8.41. The maximum Gasteiger partial charge on any atom is 0.248 e. The lowest BCUT2D eigenvalue weighted by Crippen LogP contribution is -2.09. The van der Waals surface area contributed by atoms with Crippen LogP contribution in [-0.4, -0.2) is 16.0 Å². The zero-order valence-electron chi connectivity index (χ0n) is 14.6. The Labute approximate surface area is 157 Å². The lowest BCUT2D eigenvalue weighted by molar-refractivity contribution is -0.111. The quantitative estimate of drug-likeness (QED) is 0.397. The summed E-state index contributed by atoms with van der Waals surface area (Å²) in [6.45, 7) is 0.553. The van der Waals surface area contributed by atoms with Gasteiger partial charge in [0.15, 0.2) is 0 Å². The molecule has 0 unspecified atom stereocenters. The molecule has 1 amide bonds. The molecule has 0 aliphatic carbocycles. The van der Waals surface area contributed by atoms with E-state index in [9.17, 15) is 9.90 Å². The van der Waals surface area contributed by atoms with Crippen molar-refractivity contribution >= 4 is 29.2 Å². The van der Waals surface area contributed by atoms with Gasteiger partial charge in [0.2, 0.25) is 5.91 Å². The van der Waals surface area contributed by atoms with E-state index in [2.05, 4.69) is 15.6 Å². The van der Waals surface area contributed by atoms with Crippen LogP contribution in [0.3, 0.4) is 0 Å². The van der Waals surface area contributed by atoms with E-state index in [1.54, 1.807) is 42.6 Å². The van der Waals surface area contributed by atoms with Crippen LogP contribution in [0.4, 0.5) is 17.2 Å². The lowest BCUT2D eigenvalue weighted by Gasteiger charge is -2.06. The number of para-hydroxylation sites is 2. The number of nitrogens with two attached hydrogens (primary N) is 1. The summed E-state index contributed by atoms with van der Waals surface area (Å²) in [5.41, 5.74) is 8.66. The molecule has 3 aromatic rings. The minimum atomic E-state index is -0.265. The minimum Gasteiger partial charge on any atom is -0.508 e. The predicted molar refractivity (Wildman–Crippen MR) is 108 cm³/mol. The van der Waals surface area contributed by atoms with E-state index in [0.717, 1.165) is 11.1 Å². The molecule has 5 N–H and O–H groups in total. The molecule has 136 valence electrons. The molecule has 3 rings (SSSR count). The summed E-state index contributed by atoms with van der Waals surface area (Å²) in [6, 6.07) is 17.8. The Bertz CT molecular complexity index is 952. The summed E-state index contributed by atoms with van der Waals surface area (Å²) >= 11 is 0. The highest BCUT2D eigenvalue weighted by Crippen LogP contribution is 2.17. The summed E-state index contributed by atoms with van der Waals surface area (Å²) in [7, 11) is 0. The number of rotatable bonds is 6. The number of hydrogen-bond acceptors (Lipinski definition) is 5. The Morgan fingerprint density at radius 2 is 1.96 bits per heavy atom. The van der Waals surface area contributed by atoms with Crippen molar-refractivity contribution in [2.24, 2.45) is 0 Å². The summed E-state index contributed by atoms with van der Waals surface area (Å²) in [4.78, 5) is 16.3. The van der Waals surface area contributed by atoms with Crippen LogP contribution in [0.25, 0.3) is 6.08 Å². The number of benzene rings is 2. The van der Waals surface area contributed by atoms with Crippen molar-refractivity contribution in [3.05, 3.63) is 84.1 Å². The molecule has 0 aliphatic heterocycles. The molecule has 0 aliphatic rings. The van der Waals surface area contributed by atoms with E-state index in [-0.39, 0.29) is 11.7 Å². The van der Waals surface area contributed by atoms with Crippen molar-refractivity contribution in [1.82, 2.24) is 4.98 Å². The average Bonchev–Trinajstić information content (AvgIpc) is 2.67. The molecular formula is C21H20N4O2. The minimum absolute atomic E-state index is 0.235. The lowest BCUT2D eigenvalue weighted by atomic mass is 10.2. The highest BCUT2D eigenvalue weighted by molar-refractivity contribution is 6.03. The Balaban J connectivity index is 1.54. The second kappa shape index (κ2) is 8.53.